The number of benzene rings is 1. The molecule has 1 N–H and O–H groups in total. The van der Waals surface area contributed by atoms with Crippen molar-refractivity contribution in [1.82, 2.24) is 15.1 Å². The summed E-state index contributed by atoms with van der Waals surface area (Å²) in [6, 6.07) is 10.3. The number of rotatable bonds is 3. The van der Waals surface area contributed by atoms with E-state index in [2.05, 4.69) is 15.1 Å². The number of aromatic hydroxyl groups is 1. The van der Waals surface area contributed by atoms with Gasteiger partial charge in [-0.25, -0.2) is 0 Å². The minimum atomic E-state index is 0.222. The van der Waals surface area contributed by atoms with Gasteiger partial charge >= 0.3 is 0 Å². The number of hydrogen-bond acceptors (Lipinski definition) is 5. The molecule has 0 aliphatic heterocycles. The highest BCUT2D eigenvalue weighted by atomic mass is 35.5. The summed E-state index contributed by atoms with van der Waals surface area (Å²) < 4.78 is 5.19. The van der Waals surface area contributed by atoms with Gasteiger partial charge in [-0.2, -0.15) is 4.98 Å². The summed E-state index contributed by atoms with van der Waals surface area (Å²) in [6.45, 7) is 0. The Balaban J connectivity index is 1.84. The van der Waals surface area contributed by atoms with Gasteiger partial charge in [-0.1, -0.05) is 28.9 Å². The molecule has 3 rings (SSSR count). The molecule has 3 aromatic rings. The Kier molecular flexibility index (Phi) is 3.35. The lowest BCUT2D eigenvalue weighted by atomic mass is 10.1. The van der Waals surface area contributed by atoms with Gasteiger partial charge in [0.05, 0.1) is 11.4 Å². The van der Waals surface area contributed by atoms with Crippen LogP contribution in [0.1, 0.15) is 11.5 Å². The molecule has 1 aromatic carbocycles. The van der Waals surface area contributed by atoms with Crippen LogP contribution in [0.3, 0.4) is 0 Å². The zero-order chi connectivity index (χ0) is 13.9. The minimum absolute atomic E-state index is 0.222. The number of halogens is 1. The molecule has 100 valence electrons. The first-order chi connectivity index (χ1) is 9.72. The van der Waals surface area contributed by atoms with Gasteiger partial charge < -0.3 is 9.63 Å². The van der Waals surface area contributed by atoms with E-state index in [-0.39, 0.29) is 5.75 Å². The zero-order valence-electron chi connectivity index (χ0n) is 10.3. The topological polar surface area (TPSA) is 72.0 Å². The molecular formula is C14H10ClN3O2. The fraction of sp³-hybridized carbons (Fsp3) is 0.0714. The van der Waals surface area contributed by atoms with Crippen LogP contribution in [0, 0.1) is 0 Å². The molecule has 0 bridgehead atoms. The van der Waals surface area contributed by atoms with E-state index >= 15 is 0 Å². The molecule has 0 aliphatic rings. The molecule has 5 nitrogen and oxygen atoms in total. The SMILES string of the molecule is Oc1ccc(Cc2nc(-c3ncccc3Cl)no2)cc1. The second-order valence-corrected chi connectivity index (χ2v) is 4.60. The van der Waals surface area contributed by atoms with Crippen LogP contribution < -0.4 is 0 Å². The maximum atomic E-state index is 9.23. The van der Waals surface area contributed by atoms with Crippen LogP contribution in [0.25, 0.3) is 11.5 Å². The summed E-state index contributed by atoms with van der Waals surface area (Å²) >= 11 is 6.03. The van der Waals surface area contributed by atoms with Crippen molar-refractivity contribution in [3.63, 3.8) is 0 Å². The Morgan fingerprint density at radius 1 is 1.15 bits per heavy atom. The fourth-order valence-electron chi connectivity index (χ4n) is 1.76. The van der Waals surface area contributed by atoms with Gasteiger partial charge in [0.2, 0.25) is 11.7 Å². The van der Waals surface area contributed by atoms with Gasteiger partial charge in [-0.15, -0.1) is 0 Å². The maximum Gasteiger partial charge on any atom is 0.231 e. The average molecular weight is 288 g/mol. The van der Waals surface area contributed by atoms with Gasteiger partial charge in [0, 0.05) is 6.20 Å². The molecule has 0 saturated carbocycles. The van der Waals surface area contributed by atoms with E-state index < -0.39 is 0 Å². The maximum absolute atomic E-state index is 9.23. The van der Waals surface area contributed by atoms with Gasteiger partial charge in [0.15, 0.2) is 0 Å². The standard InChI is InChI=1S/C14H10ClN3O2/c15-11-2-1-7-16-13(11)14-17-12(20-18-14)8-9-3-5-10(19)6-4-9/h1-7,19H,8H2. The molecule has 20 heavy (non-hydrogen) atoms. The molecule has 0 radical (unpaired) electrons. The molecule has 0 amide bonds. The van der Waals surface area contributed by atoms with Crippen molar-refractivity contribution in [2.75, 3.05) is 0 Å². The monoisotopic (exact) mass is 287 g/mol. The van der Waals surface area contributed by atoms with E-state index in [1.807, 2.05) is 0 Å². The molecule has 0 saturated heterocycles. The third kappa shape index (κ3) is 2.62. The Labute approximate surface area is 119 Å². The Hall–Kier alpha value is -2.40. The van der Waals surface area contributed by atoms with Crippen LogP contribution in [0.5, 0.6) is 5.75 Å². The molecule has 0 aliphatic carbocycles. The highest BCUT2D eigenvalue weighted by Gasteiger charge is 2.13. The van der Waals surface area contributed by atoms with E-state index in [9.17, 15) is 5.11 Å². The predicted molar refractivity (Wildman–Crippen MR) is 73.5 cm³/mol. The second kappa shape index (κ2) is 5.30. The molecule has 2 heterocycles. The molecule has 0 unspecified atom stereocenters. The minimum Gasteiger partial charge on any atom is -0.508 e. The number of phenols is 1. The van der Waals surface area contributed by atoms with Crippen molar-refractivity contribution < 1.29 is 9.63 Å². The first-order valence-corrected chi connectivity index (χ1v) is 6.31. The lowest BCUT2D eigenvalue weighted by Gasteiger charge is -1.97. The van der Waals surface area contributed by atoms with E-state index in [0.717, 1.165) is 5.56 Å². The van der Waals surface area contributed by atoms with Crippen LogP contribution in [0.15, 0.2) is 47.1 Å². The number of pyridine rings is 1. The van der Waals surface area contributed by atoms with Crippen LogP contribution >= 0.6 is 11.6 Å². The lowest BCUT2D eigenvalue weighted by molar-refractivity contribution is 0.385. The predicted octanol–water partition coefficient (Wildman–Crippen LogP) is 3.08. The van der Waals surface area contributed by atoms with E-state index in [4.69, 9.17) is 16.1 Å². The summed E-state index contributed by atoms with van der Waals surface area (Å²) in [4.78, 5) is 8.40. The van der Waals surface area contributed by atoms with Crippen molar-refractivity contribution in [2.45, 2.75) is 6.42 Å². The first kappa shape index (κ1) is 12.6. The van der Waals surface area contributed by atoms with Crippen LogP contribution in [-0.4, -0.2) is 20.2 Å². The van der Waals surface area contributed by atoms with Crippen molar-refractivity contribution >= 4 is 11.6 Å². The third-order valence-corrected chi connectivity index (χ3v) is 3.04. The largest absolute Gasteiger partial charge is 0.508 e. The summed E-state index contributed by atoms with van der Waals surface area (Å²) in [5.74, 6) is 1.05. The van der Waals surface area contributed by atoms with Crippen molar-refractivity contribution in [3.8, 4) is 17.3 Å². The first-order valence-electron chi connectivity index (χ1n) is 5.94. The highest BCUT2D eigenvalue weighted by Crippen LogP contribution is 2.23. The molecule has 6 heteroatoms. The van der Waals surface area contributed by atoms with Crippen molar-refractivity contribution in [1.29, 1.82) is 0 Å². The number of nitrogens with zero attached hydrogens (tertiary/aromatic N) is 3. The molecule has 0 fully saturated rings. The Bertz CT molecular complexity index is 725. The van der Waals surface area contributed by atoms with Crippen LogP contribution in [0.2, 0.25) is 5.02 Å². The summed E-state index contributed by atoms with van der Waals surface area (Å²) in [5, 5.41) is 13.6. The van der Waals surface area contributed by atoms with E-state index in [1.165, 1.54) is 0 Å². The normalized spacial score (nSPS) is 10.7. The molecular weight excluding hydrogens is 278 g/mol. The summed E-state index contributed by atoms with van der Waals surface area (Å²) in [6.07, 6.45) is 2.11. The molecule has 0 atom stereocenters. The smallest absolute Gasteiger partial charge is 0.231 e. The molecule has 0 spiro atoms. The second-order valence-electron chi connectivity index (χ2n) is 4.19. The zero-order valence-corrected chi connectivity index (χ0v) is 11.1. The molecule has 2 aromatic heterocycles. The summed E-state index contributed by atoms with van der Waals surface area (Å²) in [7, 11) is 0. The fourth-order valence-corrected chi connectivity index (χ4v) is 1.97. The number of hydrogen-bond donors (Lipinski definition) is 1. The van der Waals surface area contributed by atoms with E-state index in [0.29, 0.717) is 28.9 Å². The van der Waals surface area contributed by atoms with Gasteiger partial charge in [0.25, 0.3) is 0 Å². The number of aromatic nitrogens is 3. The quantitative estimate of drug-likeness (QED) is 0.801. The van der Waals surface area contributed by atoms with Gasteiger partial charge in [-0.3, -0.25) is 4.98 Å². The summed E-state index contributed by atoms with van der Waals surface area (Å²) in [5.41, 5.74) is 1.46. The van der Waals surface area contributed by atoms with Gasteiger partial charge in [0.1, 0.15) is 11.4 Å². The van der Waals surface area contributed by atoms with Crippen LogP contribution in [0.4, 0.5) is 0 Å². The van der Waals surface area contributed by atoms with Crippen molar-refractivity contribution in [3.05, 3.63) is 59.1 Å². The lowest BCUT2D eigenvalue weighted by Crippen LogP contribution is -1.89. The van der Waals surface area contributed by atoms with E-state index in [1.54, 1.807) is 42.6 Å². The highest BCUT2D eigenvalue weighted by molar-refractivity contribution is 6.32. The third-order valence-electron chi connectivity index (χ3n) is 2.73. The van der Waals surface area contributed by atoms with Crippen LogP contribution in [-0.2, 0) is 6.42 Å². The average Bonchev–Trinajstić information content (AvgIpc) is 2.90. The van der Waals surface area contributed by atoms with Crippen molar-refractivity contribution in [2.24, 2.45) is 0 Å². The Morgan fingerprint density at radius 3 is 2.70 bits per heavy atom. The number of phenolic OH excluding ortho intramolecular Hbond substituents is 1. The van der Waals surface area contributed by atoms with Gasteiger partial charge in [-0.05, 0) is 29.8 Å². The Morgan fingerprint density at radius 2 is 1.95 bits per heavy atom.